The van der Waals surface area contributed by atoms with Gasteiger partial charge in [-0.3, -0.25) is 14.2 Å². The van der Waals surface area contributed by atoms with E-state index < -0.39 is 23.5 Å². The maximum absolute atomic E-state index is 12.9. The van der Waals surface area contributed by atoms with Gasteiger partial charge in [0, 0.05) is 11.1 Å². The number of nitrogens with one attached hydrogen (secondary N) is 1. The Morgan fingerprint density at radius 3 is 2.61 bits per heavy atom. The monoisotopic (exact) mass is 401 g/mol. The van der Waals surface area contributed by atoms with Crippen molar-refractivity contribution in [3.63, 3.8) is 0 Å². The standard InChI is InChI=1S/C19H19N3O5S/c1-4-27-13-7-5-12(6-8-13)21-16(23)10(2)22-11(3)20-17-15(18(22)24)14(9-28-17)19(25)26/h5-10H,4H2,1-3H3,(H,21,23)(H,25,26). The van der Waals surface area contributed by atoms with Gasteiger partial charge in [0.15, 0.2) is 0 Å². The molecule has 3 rings (SSSR count). The van der Waals surface area contributed by atoms with E-state index in [1.54, 1.807) is 38.1 Å². The lowest BCUT2D eigenvalue weighted by molar-refractivity contribution is -0.118. The number of carbonyl (C=O) groups is 2. The number of amides is 1. The number of ether oxygens (including phenoxy) is 1. The number of fused-ring (bicyclic) bond motifs is 1. The summed E-state index contributed by atoms with van der Waals surface area (Å²) in [4.78, 5) is 41.6. The van der Waals surface area contributed by atoms with Gasteiger partial charge in [0.1, 0.15) is 22.4 Å². The van der Waals surface area contributed by atoms with Gasteiger partial charge >= 0.3 is 5.97 Å². The molecule has 0 aliphatic carbocycles. The molecule has 0 fully saturated rings. The Morgan fingerprint density at radius 2 is 2.00 bits per heavy atom. The molecule has 0 saturated heterocycles. The summed E-state index contributed by atoms with van der Waals surface area (Å²) in [6, 6.07) is 6.00. The molecule has 3 aromatic rings. The second kappa shape index (κ2) is 7.81. The van der Waals surface area contributed by atoms with Crippen molar-refractivity contribution in [2.24, 2.45) is 0 Å². The average Bonchev–Trinajstić information content (AvgIpc) is 3.07. The molecule has 2 aromatic heterocycles. The van der Waals surface area contributed by atoms with E-state index in [0.717, 1.165) is 11.3 Å². The molecular weight excluding hydrogens is 382 g/mol. The van der Waals surface area contributed by atoms with Gasteiger partial charge in [-0.2, -0.15) is 0 Å². The third kappa shape index (κ3) is 3.61. The topological polar surface area (TPSA) is 111 Å². The quantitative estimate of drug-likeness (QED) is 0.657. The summed E-state index contributed by atoms with van der Waals surface area (Å²) in [7, 11) is 0. The molecule has 146 valence electrons. The van der Waals surface area contributed by atoms with Crippen molar-refractivity contribution in [1.82, 2.24) is 9.55 Å². The van der Waals surface area contributed by atoms with Gasteiger partial charge in [0.2, 0.25) is 5.91 Å². The number of benzene rings is 1. The number of carboxylic acids is 1. The predicted octanol–water partition coefficient (Wildman–Crippen LogP) is 3.06. The fourth-order valence-corrected chi connectivity index (χ4v) is 3.83. The molecule has 8 nitrogen and oxygen atoms in total. The van der Waals surface area contributed by atoms with Gasteiger partial charge in [-0.15, -0.1) is 11.3 Å². The zero-order valence-electron chi connectivity index (χ0n) is 15.6. The average molecular weight is 401 g/mol. The van der Waals surface area contributed by atoms with Crippen LogP contribution in [-0.4, -0.2) is 33.1 Å². The number of anilines is 1. The second-order valence-electron chi connectivity index (χ2n) is 6.09. The van der Waals surface area contributed by atoms with Gasteiger partial charge in [-0.1, -0.05) is 0 Å². The van der Waals surface area contributed by atoms with Crippen LogP contribution in [0.3, 0.4) is 0 Å². The Balaban J connectivity index is 1.92. The van der Waals surface area contributed by atoms with Gasteiger partial charge in [-0.25, -0.2) is 9.78 Å². The van der Waals surface area contributed by atoms with Crippen LogP contribution >= 0.6 is 11.3 Å². The molecule has 1 unspecified atom stereocenters. The summed E-state index contributed by atoms with van der Waals surface area (Å²) in [5.74, 6) is -0.589. The molecule has 2 heterocycles. The molecule has 0 aliphatic rings. The highest BCUT2D eigenvalue weighted by atomic mass is 32.1. The molecule has 2 N–H and O–H groups in total. The van der Waals surface area contributed by atoms with E-state index in [4.69, 9.17) is 4.74 Å². The number of hydrogen-bond acceptors (Lipinski definition) is 6. The lowest BCUT2D eigenvalue weighted by atomic mass is 10.2. The maximum atomic E-state index is 12.9. The van der Waals surface area contributed by atoms with Crippen molar-refractivity contribution >= 4 is 39.1 Å². The Kier molecular flexibility index (Phi) is 5.46. The van der Waals surface area contributed by atoms with Crippen LogP contribution in [0.1, 0.15) is 36.1 Å². The van der Waals surface area contributed by atoms with Crippen molar-refractivity contribution < 1.29 is 19.4 Å². The first-order chi connectivity index (χ1) is 13.3. The summed E-state index contributed by atoms with van der Waals surface area (Å²) >= 11 is 1.09. The molecule has 0 radical (unpaired) electrons. The van der Waals surface area contributed by atoms with Crippen LogP contribution in [0.25, 0.3) is 10.2 Å². The molecule has 9 heteroatoms. The Morgan fingerprint density at radius 1 is 1.32 bits per heavy atom. The molecular formula is C19H19N3O5S. The number of thiophene rings is 1. The molecule has 0 bridgehead atoms. The van der Waals surface area contributed by atoms with Crippen molar-refractivity contribution in [2.75, 3.05) is 11.9 Å². The molecule has 0 spiro atoms. The van der Waals surface area contributed by atoms with Crippen LogP contribution in [0.5, 0.6) is 5.75 Å². The van der Waals surface area contributed by atoms with Crippen LogP contribution < -0.4 is 15.6 Å². The minimum atomic E-state index is -1.20. The Bertz CT molecular complexity index is 1100. The smallest absolute Gasteiger partial charge is 0.337 e. The zero-order chi connectivity index (χ0) is 20.4. The minimum absolute atomic E-state index is 0.0174. The van der Waals surface area contributed by atoms with Crippen LogP contribution in [0.4, 0.5) is 5.69 Å². The van der Waals surface area contributed by atoms with E-state index in [1.807, 2.05) is 6.92 Å². The van der Waals surface area contributed by atoms with Gasteiger partial charge in [-0.05, 0) is 45.0 Å². The Hall–Kier alpha value is -3.20. The SMILES string of the molecule is CCOc1ccc(NC(=O)C(C)n2c(C)nc3scc(C(=O)O)c3c2=O)cc1. The van der Waals surface area contributed by atoms with Crippen LogP contribution in [0, 0.1) is 6.92 Å². The maximum Gasteiger partial charge on any atom is 0.337 e. The number of carbonyl (C=O) groups excluding carboxylic acids is 1. The first-order valence-corrected chi connectivity index (χ1v) is 9.48. The number of nitrogens with zero attached hydrogens (tertiary/aromatic N) is 2. The highest BCUT2D eigenvalue weighted by Crippen LogP contribution is 2.23. The first-order valence-electron chi connectivity index (χ1n) is 8.60. The molecule has 0 aliphatic heterocycles. The van der Waals surface area contributed by atoms with Crippen molar-refractivity contribution in [2.45, 2.75) is 26.8 Å². The van der Waals surface area contributed by atoms with E-state index in [1.165, 1.54) is 9.95 Å². The number of hydrogen-bond donors (Lipinski definition) is 2. The number of aromatic nitrogens is 2. The fraction of sp³-hybridized carbons (Fsp3) is 0.263. The van der Waals surface area contributed by atoms with E-state index >= 15 is 0 Å². The highest BCUT2D eigenvalue weighted by Gasteiger charge is 2.24. The normalized spacial score (nSPS) is 12.0. The minimum Gasteiger partial charge on any atom is -0.494 e. The van der Waals surface area contributed by atoms with Gasteiger partial charge < -0.3 is 15.2 Å². The number of carboxylic acid groups (broad SMARTS) is 1. The van der Waals surface area contributed by atoms with Crippen LogP contribution in [-0.2, 0) is 4.79 Å². The van der Waals surface area contributed by atoms with Crippen molar-refractivity contribution in [1.29, 1.82) is 0 Å². The summed E-state index contributed by atoms with van der Waals surface area (Å²) < 4.78 is 6.58. The van der Waals surface area contributed by atoms with Gasteiger partial charge in [0.25, 0.3) is 5.56 Å². The molecule has 1 amide bonds. The lowest BCUT2D eigenvalue weighted by Crippen LogP contribution is -2.34. The summed E-state index contributed by atoms with van der Waals surface area (Å²) in [6.07, 6.45) is 0. The van der Waals surface area contributed by atoms with Gasteiger partial charge in [0.05, 0.1) is 17.6 Å². The van der Waals surface area contributed by atoms with Crippen LogP contribution in [0.2, 0.25) is 0 Å². The predicted molar refractivity (Wildman–Crippen MR) is 107 cm³/mol. The molecule has 28 heavy (non-hydrogen) atoms. The summed E-state index contributed by atoms with van der Waals surface area (Å²) in [5.41, 5.74) is -0.0948. The fourth-order valence-electron chi connectivity index (χ4n) is 2.88. The Labute approximate surface area is 164 Å². The number of aromatic carboxylic acids is 1. The third-order valence-electron chi connectivity index (χ3n) is 4.25. The first kappa shape index (κ1) is 19.6. The van der Waals surface area contributed by atoms with E-state index in [2.05, 4.69) is 10.3 Å². The number of rotatable bonds is 6. The molecule has 1 aromatic carbocycles. The van der Waals surface area contributed by atoms with E-state index in [-0.39, 0.29) is 10.9 Å². The van der Waals surface area contributed by atoms with Crippen molar-refractivity contribution in [3.8, 4) is 5.75 Å². The van der Waals surface area contributed by atoms with E-state index in [9.17, 15) is 19.5 Å². The lowest BCUT2D eigenvalue weighted by Gasteiger charge is -2.17. The molecule has 1 atom stereocenters. The second-order valence-corrected chi connectivity index (χ2v) is 6.95. The largest absolute Gasteiger partial charge is 0.494 e. The molecule has 0 saturated carbocycles. The highest BCUT2D eigenvalue weighted by molar-refractivity contribution is 7.17. The van der Waals surface area contributed by atoms with Crippen molar-refractivity contribution in [3.05, 3.63) is 51.4 Å². The summed E-state index contributed by atoms with van der Waals surface area (Å²) in [5, 5.41) is 13.5. The third-order valence-corrected chi connectivity index (χ3v) is 5.12. The van der Waals surface area contributed by atoms with Crippen LogP contribution in [0.15, 0.2) is 34.4 Å². The van der Waals surface area contributed by atoms with E-state index in [0.29, 0.717) is 28.7 Å². The number of aryl methyl sites for hydroxylation is 1. The summed E-state index contributed by atoms with van der Waals surface area (Å²) in [6.45, 7) is 5.60. The zero-order valence-corrected chi connectivity index (χ0v) is 16.4.